The summed E-state index contributed by atoms with van der Waals surface area (Å²) >= 11 is 0. The number of ether oxygens (including phenoxy) is 2. The van der Waals surface area contributed by atoms with Crippen molar-refractivity contribution in [3.63, 3.8) is 0 Å². The Morgan fingerprint density at radius 2 is 1.42 bits per heavy atom. The largest absolute Gasteiger partial charge is 0.491 e. The van der Waals surface area contributed by atoms with Crippen molar-refractivity contribution >= 4 is 0 Å². The Bertz CT molecular complexity index is 977. The molecule has 1 aliphatic carbocycles. The highest BCUT2D eigenvalue weighted by Gasteiger charge is 2.33. The van der Waals surface area contributed by atoms with Gasteiger partial charge in [-0.1, -0.05) is 58.6 Å². The fourth-order valence-electron chi connectivity index (χ4n) is 5.74. The quantitative estimate of drug-likeness (QED) is 0.347. The van der Waals surface area contributed by atoms with Crippen LogP contribution in [0.3, 0.4) is 0 Å². The predicted octanol–water partition coefficient (Wildman–Crippen LogP) is 9.20. The van der Waals surface area contributed by atoms with Crippen molar-refractivity contribution in [1.29, 1.82) is 0 Å². The summed E-state index contributed by atoms with van der Waals surface area (Å²) in [5.41, 5.74) is -0.403. The molecule has 1 aliphatic heterocycles. The molecule has 1 saturated carbocycles. The first-order valence-corrected chi connectivity index (χ1v) is 13.6. The summed E-state index contributed by atoms with van der Waals surface area (Å²) in [6.45, 7) is 8.39. The van der Waals surface area contributed by atoms with Crippen LogP contribution in [-0.2, 0) is 4.74 Å². The molecule has 200 valence electrons. The van der Waals surface area contributed by atoms with Gasteiger partial charge < -0.3 is 9.47 Å². The standard InChI is InChI=1S/C28H34F4O2.C2H6/c1-3-5-17-6-8-18(9-7-17)23-14-10-19(16-34-23)20-11-12-21(26(30)25(20)29)22-13-15-24(33-4-2)28(32)27(22)31;1-2/h11-13,15,17-19,23H,3-10,14,16H2,1-2H3;1-2H3. The van der Waals surface area contributed by atoms with Gasteiger partial charge in [0.15, 0.2) is 23.2 Å². The van der Waals surface area contributed by atoms with Gasteiger partial charge in [-0.2, -0.15) is 4.39 Å². The van der Waals surface area contributed by atoms with Gasteiger partial charge in [-0.05, 0) is 62.1 Å². The topological polar surface area (TPSA) is 18.5 Å². The minimum Gasteiger partial charge on any atom is -0.491 e. The van der Waals surface area contributed by atoms with Gasteiger partial charge in [-0.3, -0.25) is 0 Å². The first-order chi connectivity index (χ1) is 17.4. The highest BCUT2D eigenvalue weighted by atomic mass is 19.2. The van der Waals surface area contributed by atoms with Gasteiger partial charge >= 0.3 is 0 Å². The van der Waals surface area contributed by atoms with Crippen molar-refractivity contribution in [1.82, 2.24) is 0 Å². The van der Waals surface area contributed by atoms with Crippen LogP contribution >= 0.6 is 0 Å². The summed E-state index contributed by atoms with van der Waals surface area (Å²) in [4.78, 5) is 0. The lowest BCUT2D eigenvalue weighted by molar-refractivity contribution is -0.0440. The number of hydrogen-bond donors (Lipinski definition) is 0. The van der Waals surface area contributed by atoms with Crippen LogP contribution in [0.25, 0.3) is 11.1 Å². The summed E-state index contributed by atoms with van der Waals surface area (Å²) < 4.78 is 70.0. The van der Waals surface area contributed by atoms with Crippen molar-refractivity contribution < 1.29 is 27.0 Å². The average Bonchev–Trinajstić information content (AvgIpc) is 2.91. The molecule has 6 heteroatoms. The van der Waals surface area contributed by atoms with E-state index in [2.05, 4.69) is 6.92 Å². The lowest BCUT2D eigenvalue weighted by Gasteiger charge is -2.38. The molecule has 0 N–H and O–H groups in total. The van der Waals surface area contributed by atoms with Crippen LogP contribution in [0.1, 0.15) is 90.5 Å². The maximum absolute atomic E-state index is 15.1. The molecule has 0 aromatic heterocycles. The van der Waals surface area contributed by atoms with Crippen LogP contribution in [0.2, 0.25) is 0 Å². The maximum Gasteiger partial charge on any atom is 0.201 e. The van der Waals surface area contributed by atoms with E-state index in [-0.39, 0.29) is 41.1 Å². The van der Waals surface area contributed by atoms with E-state index in [4.69, 9.17) is 9.47 Å². The number of hydrogen-bond acceptors (Lipinski definition) is 2. The summed E-state index contributed by atoms with van der Waals surface area (Å²) in [6.07, 6.45) is 9.15. The van der Waals surface area contributed by atoms with E-state index in [0.29, 0.717) is 12.5 Å². The van der Waals surface area contributed by atoms with Gasteiger partial charge in [0, 0.05) is 17.0 Å². The molecule has 2 atom stereocenters. The maximum atomic E-state index is 15.1. The lowest BCUT2D eigenvalue weighted by Crippen LogP contribution is -2.33. The minimum absolute atomic E-state index is 0.165. The summed E-state index contributed by atoms with van der Waals surface area (Å²) in [5, 5.41) is 0. The molecule has 4 rings (SSSR count). The molecule has 0 radical (unpaired) electrons. The number of rotatable bonds is 7. The summed E-state index contributed by atoms with van der Waals surface area (Å²) in [7, 11) is 0. The van der Waals surface area contributed by atoms with Gasteiger partial charge in [0.25, 0.3) is 0 Å². The molecule has 2 nitrogen and oxygen atoms in total. The van der Waals surface area contributed by atoms with E-state index >= 15 is 4.39 Å². The van der Waals surface area contributed by atoms with E-state index in [9.17, 15) is 13.2 Å². The Kier molecular flexibility index (Phi) is 10.7. The zero-order valence-corrected chi connectivity index (χ0v) is 22.0. The molecule has 2 unspecified atom stereocenters. The van der Waals surface area contributed by atoms with E-state index in [1.54, 1.807) is 6.92 Å². The fourth-order valence-corrected chi connectivity index (χ4v) is 5.74. The van der Waals surface area contributed by atoms with Gasteiger partial charge in [-0.25, -0.2) is 13.2 Å². The molecule has 2 aromatic carbocycles. The van der Waals surface area contributed by atoms with Gasteiger partial charge in [0.05, 0.1) is 19.3 Å². The Labute approximate surface area is 213 Å². The third-order valence-electron chi connectivity index (χ3n) is 7.61. The van der Waals surface area contributed by atoms with Gasteiger partial charge in [0.2, 0.25) is 5.82 Å². The smallest absolute Gasteiger partial charge is 0.201 e. The van der Waals surface area contributed by atoms with Crippen molar-refractivity contribution in [3.8, 4) is 16.9 Å². The summed E-state index contributed by atoms with van der Waals surface area (Å²) in [5.74, 6) is -3.77. The minimum atomic E-state index is -1.26. The SMILES string of the molecule is CC.CCCC1CCC(C2CCC(c3ccc(-c4ccc(OCC)c(F)c4F)c(F)c3F)CO2)CC1. The summed E-state index contributed by atoms with van der Waals surface area (Å²) in [6, 6.07) is 5.25. The van der Waals surface area contributed by atoms with Crippen LogP contribution in [0.4, 0.5) is 17.6 Å². The Balaban J connectivity index is 0.00000176. The monoisotopic (exact) mass is 508 g/mol. The molecule has 0 amide bonds. The average molecular weight is 509 g/mol. The normalized spacial score (nSPS) is 24.1. The molecule has 0 spiro atoms. The third-order valence-corrected chi connectivity index (χ3v) is 7.61. The van der Waals surface area contributed by atoms with Crippen LogP contribution in [0, 0.1) is 35.1 Å². The molecule has 1 saturated heterocycles. The molecular formula is C30H40F4O2. The second kappa shape index (κ2) is 13.5. The van der Waals surface area contributed by atoms with E-state index in [1.165, 1.54) is 62.8 Å². The molecule has 2 aromatic rings. The van der Waals surface area contributed by atoms with E-state index < -0.39 is 23.3 Å². The molecular weight excluding hydrogens is 468 g/mol. The van der Waals surface area contributed by atoms with Gasteiger partial charge in [-0.15, -0.1) is 0 Å². The Hall–Kier alpha value is -2.08. The highest BCUT2D eigenvalue weighted by molar-refractivity contribution is 5.66. The predicted molar refractivity (Wildman–Crippen MR) is 136 cm³/mol. The van der Waals surface area contributed by atoms with Crippen molar-refractivity contribution in [2.24, 2.45) is 11.8 Å². The van der Waals surface area contributed by atoms with Crippen molar-refractivity contribution in [3.05, 3.63) is 53.1 Å². The molecule has 36 heavy (non-hydrogen) atoms. The Morgan fingerprint density at radius 3 is 2.00 bits per heavy atom. The molecule has 2 fully saturated rings. The van der Waals surface area contributed by atoms with E-state index in [0.717, 1.165) is 18.8 Å². The molecule has 0 bridgehead atoms. The first-order valence-electron chi connectivity index (χ1n) is 13.6. The zero-order chi connectivity index (χ0) is 26.2. The van der Waals surface area contributed by atoms with Crippen molar-refractivity contribution in [2.45, 2.75) is 91.1 Å². The Morgan fingerprint density at radius 1 is 0.778 bits per heavy atom. The fraction of sp³-hybridized carbons (Fsp3) is 0.600. The second-order valence-corrected chi connectivity index (χ2v) is 9.72. The lowest BCUT2D eigenvalue weighted by atomic mass is 9.75. The number of halogens is 4. The highest BCUT2D eigenvalue weighted by Crippen LogP contribution is 2.41. The van der Waals surface area contributed by atoms with Crippen molar-refractivity contribution in [2.75, 3.05) is 13.2 Å². The zero-order valence-electron chi connectivity index (χ0n) is 22.0. The van der Waals surface area contributed by atoms with Crippen LogP contribution in [-0.4, -0.2) is 19.3 Å². The first kappa shape index (κ1) is 28.5. The van der Waals surface area contributed by atoms with Gasteiger partial charge in [0.1, 0.15) is 0 Å². The van der Waals surface area contributed by atoms with Crippen LogP contribution in [0.5, 0.6) is 5.75 Å². The van der Waals surface area contributed by atoms with E-state index in [1.807, 2.05) is 13.8 Å². The number of benzene rings is 2. The second-order valence-electron chi connectivity index (χ2n) is 9.72. The molecule has 2 aliphatic rings. The molecule has 1 heterocycles. The van der Waals surface area contributed by atoms with Crippen LogP contribution < -0.4 is 4.74 Å². The van der Waals surface area contributed by atoms with Crippen LogP contribution in [0.15, 0.2) is 24.3 Å². The third kappa shape index (κ3) is 6.24.